The van der Waals surface area contributed by atoms with Gasteiger partial charge in [0, 0.05) is 51.9 Å². The van der Waals surface area contributed by atoms with Crippen LogP contribution in [0.2, 0.25) is 0 Å². The highest BCUT2D eigenvalue weighted by molar-refractivity contribution is 5.93. The van der Waals surface area contributed by atoms with E-state index in [0.29, 0.717) is 23.6 Å². The van der Waals surface area contributed by atoms with Crippen molar-refractivity contribution in [3.63, 3.8) is 0 Å². The molecule has 0 aliphatic carbocycles. The van der Waals surface area contributed by atoms with E-state index < -0.39 is 0 Å². The van der Waals surface area contributed by atoms with E-state index >= 15 is 0 Å². The molecule has 2 aromatic rings. The van der Waals surface area contributed by atoms with Crippen molar-refractivity contribution in [2.75, 3.05) is 46.4 Å². The van der Waals surface area contributed by atoms with E-state index in [-0.39, 0.29) is 5.91 Å². The summed E-state index contributed by atoms with van der Waals surface area (Å²) in [6, 6.07) is 5.58. The molecular formula is C18H23N5O2. The van der Waals surface area contributed by atoms with Crippen molar-refractivity contribution in [2.24, 2.45) is 0 Å². The minimum absolute atomic E-state index is 0.0128. The smallest absolute Gasteiger partial charge is 0.257 e. The Balaban J connectivity index is 1.63. The molecule has 3 heterocycles. The molecular weight excluding hydrogens is 318 g/mol. The van der Waals surface area contributed by atoms with Gasteiger partial charge in [-0.15, -0.1) is 0 Å². The maximum atomic E-state index is 12.7. The Morgan fingerprint density at radius 3 is 2.68 bits per heavy atom. The van der Waals surface area contributed by atoms with Crippen LogP contribution in [0.3, 0.4) is 0 Å². The monoisotopic (exact) mass is 341 g/mol. The zero-order valence-corrected chi connectivity index (χ0v) is 14.5. The minimum Gasteiger partial charge on any atom is -0.383 e. The Morgan fingerprint density at radius 1 is 1.12 bits per heavy atom. The van der Waals surface area contributed by atoms with Gasteiger partial charge in [-0.05, 0) is 25.1 Å². The van der Waals surface area contributed by atoms with E-state index in [9.17, 15) is 4.79 Å². The Morgan fingerprint density at radius 2 is 1.96 bits per heavy atom. The summed E-state index contributed by atoms with van der Waals surface area (Å²) in [6.07, 6.45) is 5.84. The topological polar surface area (TPSA) is 71.5 Å². The maximum absolute atomic E-state index is 12.7. The third kappa shape index (κ3) is 4.58. The molecule has 132 valence electrons. The molecule has 1 amide bonds. The first-order valence-electron chi connectivity index (χ1n) is 8.52. The van der Waals surface area contributed by atoms with Crippen LogP contribution in [0, 0.1) is 0 Å². The fraction of sp³-hybridized carbons (Fsp3) is 0.444. The Labute approximate surface area is 147 Å². The lowest BCUT2D eigenvalue weighted by Gasteiger charge is -2.21. The van der Waals surface area contributed by atoms with E-state index in [2.05, 4.69) is 19.9 Å². The molecule has 2 aromatic heterocycles. The SMILES string of the molecule is COCCN1CCCN(C(=O)c2cnc(-c3ccccn3)nc2)CC1. The highest BCUT2D eigenvalue weighted by Crippen LogP contribution is 2.12. The molecule has 7 nitrogen and oxygen atoms in total. The van der Waals surface area contributed by atoms with E-state index in [1.807, 2.05) is 23.1 Å². The second kappa shape index (κ2) is 8.64. The summed E-state index contributed by atoms with van der Waals surface area (Å²) in [5, 5.41) is 0. The van der Waals surface area contributed by atoms with Crippen molar-refractivity contribution < 1.29 is 9.53 Å². The van der Waals surface area contributed by atoms with E-state index in [4.69, 9.17) is 4.74 Å². The van der Waals surface area contributed by atoms with Gasteiger partial charge in [-0.25, -0.2) is 9.97 Å². The number of ether oxygens (including phenoxy) is 1. The van der Waals surface area contributed by atoms with Crippen LogP contribution in [0.5, 0.6) is 0 Å². The minimum atomic E-state index is -0.0128. The normalized spacial score (nSPS) is 15.8. The van der Waals surface area contributed by atoms with Gasteiger partial charge in [-0.3, -0.25) is 14.7 Å². The molecule has 0 unspecified atom stereocenters. The van der Waals surface area contributed by atoms with Crippen molar-refractivity contribution >= 4 is 5.91 Å². The highest BCUT2D eigenvalue weighted by atomic mass is 16.5. The van der Waals surface area contributed by atoms with Gasteiger partial charge in [0.2, 0.25) is 0 Å². The highest BCUT2D eigenvalue weighted by Gasteiger charge is 2.20. The molecule has 0 N–H and O–H groups in total. The number of aromatic nitrogens is 3. The van der Waals surface area contributed by atoms with Gasteiger partial charge < -0.3 is 9.64 Å². The van der Waals surface area contributed by atoms with Crippen LogP contribution in [0.1, 0.15) is 16.8 Å². The standard InChI is InChI=1S/C18H23N5O2/c1-25-12-11-22-7-4-8-23(10-9-22)18(24)15-13-20-17(21-14-15)16-5-2-3-6-19-16/h2-3,5-6,13-14H,4,7-12H2,1H3. The van der Waals surface area contributed by atoms with Gasteiger partial charge in [-0.1, -0.05) is 6.07 Å². The average Bonchev–Trinajstić information content (AvgIpc) is 2.92. The van der Waals surface area contributed by atoms with Gasteiger partial charge in [0.25, 0.3) is 5.91 Å². The molecule has 0 aromatic carbocycles. The second-order valence-corrected chi connectivity index (χ2v) is 5.99. The van der Waals surface area contributed by atoms with Crippen LogP contribution >= 0.6 is 0 Å². The summed E-state index contributed by atoms with van der Waals surface area (Å²) >= 11 is 0. The van der Waals surface area contributed by atoms with E-state index in [1.54, 1.807) is 25.7 Å². The van der Waals surface area contributed by atoms with Gasteiger partial charge in [0.15, 0.2) is 5.82 Å². The summed E-state index contributed by atoms with van der Waals surface area (Å²) in [6.45, 7) is 4.94. The Hall–Kier alpha value is -2.38. The van der Waals surface area contributed by atoms with Crippen molar-refractivity contribution in [3.8, 4) is 11.5 Å². The van der Waals surface area contributed by atoms with Crippen molar-refractivity contribution in [1.29, 1.82) is 0 Å². The molecule has 0 saturated carbocycles. The van der Waals surface area contributed by atoms with Gasteiger partial charge in [-0.2, -0.15) is 0 Å². The lowest BCUT2D eigenvalue weighted by molar-refractivity contribution is 0.0758. The summed E-state index contributed by atoms with van der Waals surface area (Å²) in [4.78, 5) is 29.7. The van der Waals surface area contributed by atoms with Crippen molar-refractivity contribution in [1.82, 2.24) is 24.8 Å². The Bertz CT molecular complexity index is 678. The van der Waals surface area contributed by atoms with Crippen LogP contribution in [0.15, 0.2) is 36.8 Å². The largest absolute Gasteiger partial charge is 0.383 e. The molecule has 1 aliphatic heterocycles. The number of rotatable bonds is 5. The number of carbonyl (C=O) groups is 1. The fourth-order valence-electron chi connectivity index (χ4n) is 2.87. The van der Waals surface area contributed by atoms with Crippen LogP contribution in [-0.4, -0.2) is 77.1 Å². The van der Waals surface area contributed by atoms with Crippen LogP contribution < -0.4 is 0 Å². The third-order valence-corrected chi connectivity index (χ3v) is 4.28. The molecule has 1 aliphatic rings. The van der Waals surface area contributed by atoms with E-state index in [1.165, 1.54) is 0 Å². The van der Waals surface area contributed by atoms with Gasteiger partial charge >= 0.3 is 0 Å². The fourth-order valence-corrected chi connectivity index (χ4v) is 2.87. The number of hydrogen-bond acceptors (Lipinski definition) is 6. The van der Waals surface area contributed by atoms with Crippen LogP contribution in [0.4, 0.5) is 0 Å². The lowest BCUT2D eigenvalue weighted by atomic mass is 10.2. The second-order valence-electron chi connectivity index (χ2n) is 5.99. The first kappa shape index (κ1) is 17.4. The first-order chi connectivity index (χ1) is 12.3. The number of hydrogen-bond donors (Lipinski definition) is 0. The predicted molar refractivity (Wildman–Crippen MR) is 94.1 cm³/mol. The summed E-state index contributed by atoms with van der Waals surface area (Å²) < 4.78 is 5.13. The molecule has 7 heteroatoms. The Kier molecular flexibility index (Phi) is 6.03. The zero-order valence-electron chi connectivity index (χ0n) is 14.5. The molecule has 25 heavy (non-hydrogen) atoms. The van der Waals surface area contributed by atoms with Gasteiger partial charge in [0.05, 0.1) is 12.2 Å². The number of amides is 1. The molecule has 3 rings (SSSR count). The van der Waals surface area contributed by atoms with Crippen LogP contribution in [-0.2, 0) is 4.74 Å². The molecule has 0 radical (unpaired) electrons. The molecule has 0 spiro atoms. The molecule has 0 atom stereocenters. The number of methoxy groups -OCH3 is 1. The van der Waals surface area contributed by atoms with Crippen molar-refractivity contribution in [3.05, 3.63) is 42.4 Å². The van der Waals surface area contributed by atoms with Crippen molar-refractivity contribution in [2.45, 2.75) is 6.42 Å². The van der Waals surface area contributed by atoms with Crippen LogP contribution in [0.25, 0.3) is 11.5 Å². The predicted octanol–water partition coefficient (Wildman–Crippen LogP) is 1.33. The molecule has 1 saturated heterocycles. The zero-order chi connectivity index (χ0) is 17.5. The number of nitrogens with zero attached hydrogens (tertiary/aromatic N) is 5. The summed E-state index contributed by atoms with van der Waals surface area (Å²) in [5.74, 6) is 0.514. The van der Waals surface area contributed by atoms with Gasteiger partial charge in [0.1, 0.15) is 5.69 Å². The summed E-state index contributed by atoms with van der Waals surface area (Å²) in [5.41, 5.74) is 1.22. The first-order valence-corrected chi connectivity index (χ1v) is 8.52. The quantitative estimate of drug-likeness (QED) is 0.817. The number of carbonyl (C=O) groups excluding carboxylic acids is 1. The maximum Gasteiger partial charge on any atom is 0.257 e. The molecule has 1 fully saturated rings. The molecule has 0 bridgehead atoms. The number of pyridine rings is 1. The summed E-state index contributed by atoms with van der Waals surface area (Å²) in [7, 11) is 1.71. The van der Waals surface area contributed by atoms with E-state index in [0.717, 1.165) is 39.2 Å². The average molecular weight is 341 g/mol. The third-order valence-electron chi connectivity index (χ3n) is 4.28. The lowest BCUT2D eigenvalue weighted by Crippen LogP contribution is -2.36.